The lowest BCUT2D eigenvalue weighted by Crippen LogP contribution is -2.37. The monoisotopic (exact) mass is 265 g/mol. The molecule has 19 heavy (non-hydrogen) atoms. The Bertz CT molecular complexity index is 420. The van der Waals surface area contributed by atoms with Crippen LogP contribution in [0.15, 0.2) is 12.1 Å². The smallest absolute Gasteiger partial charge is 0.320 e. The predicted octanol–water partition coefficient (Wildman–Crippen LogP) is 2.44. The van der Waals surface area contributed by atoms with Crippen LogP contribution in [0.3, 0.4) is 0 Å². The van der Waals surface area contributed by atoms with E-state index >= 15 is 0 Å². The maximum atomic E-state index is 11.0. The molecule has 4 heteroatoms. The first kappa shape index (κ1) is 15.5. The van der Waals surface area contributed by atoms with Gasteiger partial charge in [-0.15, -0.1) is 0 Å². The van der Waals surface area contributed by atoms with Gasteiger partial charge in [-0.3, -0.25) is 4.79 Å². The second-order valence-corrected chi connectivity index (χ2v) is 4.81. The fourth-order valence-corrected chi connectivity index (χ4v) is 2.23. The molecule has 0 aromatic heterocycles. The van der Waals surface area contributed by atoms with Crippen molar-refractivity contribution in [2.75, 3.05) is 13.2 Å². The van der Waals surface area contributed by atoms with Crippen LogP contribution in [0.4, 0.5) is 0 Å². The molecule has 4 nitrogen and oxygen atoms in total. The number of carboxylic acid groups (broad SMARTS) is 1. The Balaban J connectivity index is 2.60. The van der Waals surface area contributed by atoms with Gasteiger partial charge in [0.1, 0.15) is 11.8 Å². The zero-order valence-corrected chi connectivity index (χ0v) is 12.1. The van der Waals surface area contributed by atoms with Crippen LogP contribution in [-0.4, -0.2) is 30.3 Å². The van der Waals surface area contributed by atoms with Crippen LogP contribution < -0.4 is 10.1 Å². The highest BCUT2D eigenvalue weighted by Crippen LogP contribution is 2.24. The van der Waals surface area contributed by atoms with Crippen molar-refractivity contribution in [1.82, 2.24) is 5.32 Å². The van der Waals surface area contributed by atoms with Crippen LogP contribution in [0.25, 0.3) is 0 Å². The fraction of sp³-hybridized carbons (Fsp3) is 0.533. The summed E-state index contributed by atoms with van der Waals surface area (Å²) in [5.41, 5.74) is 3.39. The minimum atomic E-state index is -0.831. The topological polar surface area (TPSA) is 58.6 Å². The van der Waals surface area contributed by atoms with Gasteiger partial charge in [-0.25, -0.2) is 0 Å². The molecule has 0 bridgehead atoms. The Morgan fingerprint density at radius 2 is 1.89 bits per heavy atom. The van der Waals surface area contributed by atoms with Crippen molar-refractivity contribution in [3.05, 3.63) is 28.8 Å². The number of hydrogen-bond acceptors (Lipinski definition) is 3. The molecule has 0 saturated carbocycles. The molecule has 0 amide bonds. The number of nitrogens with one attached hydrogen (secondary N) is 1. The van der Waals surface area contributed by atoms with E-state index in [1.54, 1.807) is 0 Å². The summed E-state index contributed by atoms with van der Waals surface area (Å²) in [6, 6.07) is 3.60. The molecule has 0 heterocycles. The molecule has 0 aliphatic heterocycles. The van der Waals surface area contributed by atoms with Crippen LogP contribution in [0.1, 0.15) is 30.0 Å². The standard InChI is InChI=1S/C15H23NO3/c1-5-16-13(15(17)18)6-7-19-14-11(3)8-10(2)9-12(14)4/h8-9,13,16H,5-7H2,1-4H3,(H,17,18). The van der Waals surface area contributed by atoms with Crippen molar-refractivity contribution in [1.29, 1.82) is 0 Å². The Morgan fingerprint density at radius 3 is 2.37 bits per heavy atom. The van der Waals surface area contributed by atoms with Gasteiger partial charge < -0.3 is 15.2 Å². The van der Waals surface area contributed by atoms with Crippen LogP contribution in [0, 0.1) is 20.8 Å². The summed E-state index contributed by atoms with van der Waals surface area (Å²) < 4.78 is 5.75. The van der Waals surface area contributed by atoms with E-state index in [-0.39, 0.29) is 0 Å². The minimum absolute atomic E-state index is 0.398. The number of carboxylic acids is 1. The summed E-state index contributed by atoms with van der Waals surface area (Å²) in [5, 5.41) is 12.0. The lowest BCUT2D eigenvalue weighted by atomic mass is 10.1. The molecule has 0 radical (unpaired) electrons. The van der Waals surface area contributed by atoms with E-state index in [0.29, 0.717) is 19.6 Å². The number of aliphatic carboxylic acids is 1. The number of aryl methyl sites for hydroxylation is 3. The highest BCUT2D eigenvalue weighted by atomic mass is 16.5. The number of hydrogen-bond donors (Lipinski definition) is 2. The number of ether oxygens (including phenoxy) is 1. The van der Waals surface area contributed by atoms with Crippen LogP contribution in [0.5, 0.6) is 5.75 Å². The molecule has 0 saturated heterocycles. The zero-order chi connectivity index (χ0) is 14.4. The quantitative estimate of drug-likeness (QED) is 0.795. The molecule has 106 valence electrons. The third-order valence-electron chi connectivity index (χ3n) is 3.01. The maximum Gasteiger partial charge on any atom is 0.320 e. The van der Waals surface area contributed by atoms with Gasteiger partial charge in [0.2, 0.25) is 0 Å². The minimum Gasteiger partial charge on any atom is -0.493 e. The van der Waals surface area contributed by atoms with Gasteiger partial charge in [-0.2, -0.15) is 0 Å². The molecule has 1 aromatic rings. The van der Waals surface area contributed by atoms with Gasteiger partial charge in [0.05, 0.1) is 6.61 Å². The molecule has 1 rings (SSSR count). The number of benzene rings is 1. The maximum absolute atomic E-state index is 11.0. The van der Waals surface area contributed by atoms with Crippen molar-refractivity contribution < 1.29 is 14.6 Å². The summed E-state index contributed by atoms with van der Waals surface area (Å²) in [4.78, 5) is 11.0. The van der Waals surface area contributed by atoms with E-state index in [1.807, 2.05) is 20.8 Å². The number of carbonyl (C=O) groups is 1. The third-order valence-corrected chi connectivity index (χ3v) is 3.01. The molecule has 1 unspecified atom stereocenters. The van der Waals surface area contributed by atoms with E-state index < -0.39 is 12.0 Å². The van der Waals surface area contributed by atoms with Gasteiger partial charge in [0, 0.05) is 6.42 Å². The first-order chi connectivity index (χ1) is 8.95. The molecule has 0 spiro atoms. The fourth-order valence-electron chi connectivity index (χ4n) is 2.23. The van der Waals surface area contributed by atoms with Gasteiger partial charge in [-0.05, 0) is 38.4 Å². The van der Waals surface area contributed by atoms with Gasteiger partial charge in [-0.1, -0.05) is 24.6 Å². The molecule has 1 aromatic carbocycles. The average Bonchev–Trinajstić information content (AvgIpc) is 2.30. The molecule has 0 aliphatic carbocycles. The normalized spacial score (nSPS) is 12.2. The van der Waals surface area contributed by atoms with E-state index in [1.165, 1.54) is 5.56 Å². The van der Waals surface area contributed by atoms with Crippen molar-refractivity contribution in [2.24, 2.45) is 0 Å². The zero-order valence-electron chi connectivity index (χ0n) is 12.1. The van der Waals surface area contributed by atoms with Crippen molar-refractivity contribution >= 4 is 5.97 Å². The third kappa shape index (κ3) is 4.56. The second kappa shape index (κ2) is 7.14. The predicted molar refractivity (Wildman–Crippen MR) is 75.9 cm³/mol. The first-order valence-electron chi connectivity index (χ1n) is 6.62. The largest absolute Gasteiger partial charge is 0.493 e. The van der Waals surface area contributed by atoms with Crippen LogP contribution in [-0.2, 0) is 4.79 Å². The van der Waals surface area contributed by atoms with Crippen molar-refractivity contribution in [2.45, 2.75) is 40.2 Å². The summed E-state index contributed by atoms with van der Waals surface area (Å²) in [7, 11) is 0. The Kier molecular flexibility index (Phi) is 5.83. The lowest BCUT2D eigenvalue weighted by molar-refractivity contribution is -0.139. The first-order valence-corrected chi connectivity index (χ1v) is 6.62. The van der Waals surface area contributed by atoms with E-state index in [0.717, 1.165) is 16.9 Å². The average molecular weight is 265 g/mol. The molecule has 2 N–H and O–H groups in total. The van der Waals surface area contributed by atoms with E-state index in [2.05, 4.69) is 24.4 Å². The van der Waals surface area contributed by atoms with Gasteiger partial charge in [0.25, 0.3) is 0 Å². The molecular weight excluding hydrogens is 242 g/mol. The second-order valence-electron chi connectivity index (χ2n) is 4.81. The van der Waals surface area contributed by atoms with Gasteiger partial charge >= 0.3 is 5.97 Å². The highest BCUT2D eigenvalue weighted by Gasteiger charge is 2.16. The van der Waals surface area contributed by atoms with Crippen LogP contribution in [0.2, 0.25) is 0 Å². The van der Waals surface area contributed by atoms with Crippen molar-refractivity contribution in [3.8, 4) is 5.75 Å². The Labute approximate surface area is 114 Å². The summed E-state index contributed by atoms with van der Waals surface area (Å²) in [5.74, 6) is 0.0361. The Hall–Kier alpha value is -1.55. The van der Waals surface area contributed by atoms with E-state index in [9.17, 15) is 4.79 Å². The molecule has 0 aliphatic rings. The number of likely N-dealkylation sites (N-methyl/N-ethyl adjacent to an activating group) is 1. The van der Waals surface area contributed by atoms with E-state index in [4.69, 9.17) is 9.84 Å². The SMILES string of the molecule is CCNC(CCOc1c(C)cc(C)cc1C)C(=O)O. The number of rotatable bonds is 7. The molecule has 1 atom stereocenters. The van der Waals surface area contributed by atoms with Crippen molar-refractivity contribution in [3.63, 3.8) is 0 Å². The van der Waals surface area contributed by atoms with Gasteiger partial charge in [0.15, 0.2) is 0 Å². The summed E-state index contributed by atoms with van der Waals surface area (Å²) in [6.07, 6.45) is 0.454. The Morgan fingerprint density at radius 1 is 1.32 bits per heavy atom. The highest BCUT2D eigenvalue weighted by molar-refractivity contribution is 5.73. The van der Waals surface area contributed by atoms with Crippen LogP contribution >= 0.6 is 0 Å². The summed E-state index contributed by atoms with van der Waals surface area (Å²) >= 11 is 0. The molecular formula is C15H23NO3. The summed E-state index contributed by atoms with van der Waals surface area (Å²) in [6.45, 7) is 9.00. The molecule has 0 fully saturated rings. The lowest BCUT2D eigenvalue weighted by Gasteiger charge is -2.16.